The van der Waals surface area contributed by atoms with Gasteiger partial charge in [-0.3, -0.25) is 4.79 Å². The molecule has 122 valence electrons. The Hall–Kier alpha value is -2.16. The van der Waals surface area contributed by atoms with Crippen molar-refractivity contribution >= 4 is 34.1 Å². The van der Waals surface area contributed by atoms with Gasteiger partial charge in [-0.05, 0) is 40.8 Å². The van der Waals surface area contributed by atoms with Crippen molar-refractivity contribution in [3.05, 3.63) is 58.2 Å². The fourth-order valence-electron chi connectivity index (χ4n) is 2.83. The van der Waals surface area contributed by atoms with Gasteiger partial charge in [-0.15, -0.1) is 0 Å². The third-order valence-electron chi connectivity index (χ3n) is 3.99. The third kappa shape index (κ3) is 3.08. The summed E-state index contributed by atoms with van der Waals surface area (Å²) in [5.41, 5.74) is 1.25. The Bertz CT molecular complexity index is 881. The summed E-state index contributed by atoms with van der Waals surface area (Å²) in [7, 11) is 0. The average molecular weight is 434 g/mol. The van der Waals surface area contributed by atoms with Crippen molar-refractivity contribution in [3.63, 3.8) is 0 Å². The first-order valence-corrected chi connectivity index (χ1v) is 8.78. The molecule has 7 heteroatoms. The van der Waals surface area contributed by atoms with Crippen molar-refractivity contribution in [2.45, 2.75) is 12.5 Å². The van der Waals surface area contributed by atoms with Gasteiger partial charge in [0.1, 0.15) is 17.4 Å². The van der Waals surface area contributed by atoms with Crippen molar-refractivity contribution in [2.24, 2.45) is 0 Å². The van der Waals surface area contributed by atoms with Crippen molar-refractivity contribution in [2.75, 3.05) is 13.1 Å². The van der Waals surface area contributed by atoms with E-state index in [9.17, 15) is 4.79 Å². The minimum absolute atomic E-state index is 0.0261. The molecular weight excluding hydrogens is 419 g/mol. The number of amides is 1. The number of aromatic nitrogens is 3. The molecule has 1 atom stereocenters. The van der Waals surface area contributed by atoms with Gasteiger partial charge in [0.05, 0.1) is 6.54 Å². The number of carbonyl (C=O) groups is 1. The molecule has 0 N–H and O–H groups in total. The molecule has 0 bridgehead atoms. The van der Waals surface area contributed by atoms with E-state index in [2.05, 4.69) is 32.6 Å². The first kappa shape index (κ1) is 15.4. The van der Waals surface area contributed by atoms with Crippen LogP contribution in [0.5, 0.6) is 5.88 Å². The van der Waals surface area contributed by atoms with E-state index in [4.69, 9.17) is 4.74 Å². The maximum absolute atomic E-state index is 12.7. The van der Waals surface area contributed by atoms with Crippen LogP contribution in [0.15, 0.2) is 48.9 Å². The van der Waals surface area contributed by atoms with Crippen molar-refractivity contribution < 1.29 is 9.53 Å². The number of pyridine rings is 2. The molecule has 1 fully saturated rings. The number of carbonyl (C=O) groups excluding carboxylic acids is 1. The van der Waals surface area contributed by atoms with Crippen LogP contribution in [0.2, 0.25) is 0 Å². The molecule has 1 aliphatic heterocycles. The summed E-state index contributed by atoms with van der Waals surface area (Å²) in [5.74, 6) is 0.542. The summed E-state index contributed by atoms with van der Waals surface area (Å²) in [6.45, 7) is 1.22. The predicted molar refractivity (Wildman–Crippen MR) is 97.1 cm³/mol. The molecule has 0 saturated carbocycles. The van der Waals surface area contributed by atoms with E-state index in [1.54, 1.807) is 17.3 Å². The first-order valence-electron chi connectivity index (χ1n) is 7.70. The van der Waals surface area contributed by atoms with E-state index in [1.165, 1.54) is 0 Å². The Morgan fingerprint density at radius 3 is 3.00 bits per heavy atom. The fraction of sp³-hybridized carbons (Fsp3) is 0.235. The molecule has 0 aromatic carbocycles. The van der Waals surface area contributed by atoms with Gasteiger partial charge in [-0.25, -0.2) is 9.97 Å². The van der Waals surface area contributed by atoms with Crippen LogP contribution in [-0.2, 0) is 0 Å². The van der Waals surface area contributed by atoms with Crippen molar-refractivity contribution in [1.29, 1.82) is 0 Å². The lowest BCUT2D eigenvalue weighted by atomic mass is 10.3. The smallest absolute Gasteiger partial charge is 0.274 e. The standard InChI is InChI=1S/C17H15IN4O2/c18-12-4-5-15-20-14(11-22(15)9-12)17(23)21-8-6-13(10-21)24-16-3-1-2-7-19-16/h1-5,7,9,11,13H,6,8,10H2. The molecule has 1 aliphatic rings. The number of rotatable bonds is 3. The number of halogens is 1. The van der Waals surface area contributed by atoms with Gasteiger partial charge in [-0.1, -0.05) is 6.07 Å². The number of hydrogen-bond donors (Lipinski definition) is 0. The quantitative estimate of drug-likeness (QED) is 0.595. The minimum atomic E-state index is -0.0548. The van der Waals surface area contributed by atoms with Gasteiger partial charge in [-0.2, -0.15) is 0 Å². The van der Waals surface area contributed by atoms with Gasteiger partial charge in [0, 0.05) is 41.2 Å². The molecule has 4 rings (SSSR count). The Morgan fingerprint density at radius 2 is 2.17 bits per heavy atom. The van der Waals surface area contributed by atoms with Gasteiger partial charge in [0.15, 0.2) is 0 Å². The third-order valence-corrected chi connectivity index (χ3v) is 4.63. The van der Waals surface area contributed by atoms with Crippen LogP contribution in [0.25, 0.3) is 5.65 Å². The normalized spacial score (nSPS) is 17.4. The van der Waals surface area contributed by atoms with E-state index < -0.39 is 0 Å². The first-order chi connectivity index (χ1) is 11.7. The predicted octanol–water partition coefficient (Wildman–Crippen LogP) is 2.63. The molecule has 0 aliphatic carbocycles. The van der Waals surface area contributed by atoms with Crippen LogP contribution < -0.4 is 4.74 Å². The van der Waals surface area contributed by atoms with Gasteiger partial charge < -0.3 is 14.0 Å². The lowest BCUT2D eigenvalue weighted by Crippen LogP contribution is -2.31. The molecule has 0 spiro atoms. The SMILES string of the molecule is O=C(c1cn2cc(I)ccc2n1)N1CCC(Oc2ccccn2)C1. The highest BCUT2D eigenvalue weighted by molar-refractivity contribution is 14.1. The molecule has 4 heterocycles. The Balaban J connectivity index is 1.46. The van der Waals surface area contributed by atoms with Crippen LogP contribution in [-0.4, -0.2) is 44.4 Å². The highest BCUT2D eigenvalue weighted by Crippen LogP contribution is 2.18. The number of imidazole rings is 1. The number of likely N-dealkylation sites (tertiary alicyclic amines) is 1. The van der Waals surface area contributed by atoms with Crippen LogP contribution in [0.3, 0.4) is 0 Å². The topological polar surface area (TPSA) is 59.7 Å². The zero-order valence-corrected chi connectivity index (χ0v) is 15.0. The summed E-state index contributed by atoms with van der Waals surface area (Å²) in [5, 5.41) is 0. The van der Waals surface area contributed by atoms with E-state index in [0.717, 1.165) is 15.6 Å². The summed E-state index contributed by atoms with van der Waals surface area (Å²) in [6, 6.07) is 9.45. The number of hydrogen-bond acceptors (Lipinski definition) is 4. The molecule has 3 aromatic heterocycles. The van der Waals surface area contributed by atoms with Crippen LogP contribution >= 0.6 is 22.6 Å². The molecule has 1 amide bonds. The largest absolute Gasteiger partial charge is 0.472 e. The van der Waals surface area contributed by atoms with E-state index in [-0.39, 0.29) is 12.0 Å². The molecule has 1 unspecified atom stereocenters. The molecule has 3 aromatic rings. The molecule has 0 radical (unpaired) electrons. The monoisotopic (exact) mass is 434 g/mol. The van der Waals surface area contributed by atoms with Gasteiger partial charge in [0.25, 0.3) is 5.91 Å². The average Bonchev–Trinajstić information content (AvgIpc) is 3.21. The number of fused-ring (bicyclic) bond motifs is 1. The van der Waals surface area contributed by atoms with Crippen LogP contribution in [0, 0.1) is 3.57 Å². The van der Waals surface area contributed by atoms with E-state index >= 15 is 0 Å². The minimum Gasteiger partial charge on any atom is -0.472 e. The summed E-state index contributed by atoms with van der Waals surface area (Å²) in [4.78, 5) is 23.1. The maximum Gasteiger partial charge on any atom is 0.274 e. The second-order valence-corrected chi connectivity index (χ2v) is 6.93. The van der Waals surface area contributed by atoms with Gasteiger partial charge in [0.2, 0.25) is 5.88 Å². The zero-order chi connectivity index (χ0) is 16.5. The number of ether oxygens (including phenoxy) is 1. The highest BCUT2D eigenvalue weighted by atomic mass is 127. The molecular formula is C17H15IN4O2. The van der Waals surface area contributed by atoms with Gasteiger partial charge >= 0.3 is 0 Å². The second kappa shape index (κ2) is 6.39. The lowest BCUT2D eigenvalue weighted by Gasteiger charge is -2.15. The van der Waals surface area contributed by atoms with Crippen LogP contribution in [0.4, 0.5) is 0 Å². The Labute approximate surface area is 152 Å². The second-order valence-electron chi connectivity index (χ2n) is 5.69. The number of nitrogens with zero attached hydrogens (tertiary/aromatic N) is 4. The maximum atomic E-state index is 12.7. The molecule has 1 saturated heterocycles. The van der Waals surface area contributed by atoms with E-state index in [1.807, 2.05) is 40.9 Å². The van der Waals surface area contributed by atoms with Crippen LogP contribution in [0.1, 0.15) is 16.9 Å². The lowest BCUT2D eigenvalue weighted by molar-refractivity contribution is 0.0766. The van der Waals surface area contributed by atoms with E-state index in [0.29, 0.717) is 24.7 Å². The zero-order valence-electron chi connectivity index (χ0n) is 12.8. The summed E-state index contributed by atoms with van der Waals surface area (Å²) < 4.78 is 8.82. The fourth-order valence-corrected chi connectivity index (χ4v) is 3.31. The molecule has 6 nitrogen and oxygen atoms in total. The summed E-state index contributed by atoms with van der Waals surface area (Å²) >= 11 is 2.24. The van der Waals surface area contributed by atoms with Crippen molar-refractivity contribution in [3.8, 4) is 5.88 Å². The highest BCUT2D eigenvalue weighted by Gasteiger charge is 2.29. The molecule has 24 heavy (non-hydrogen) atoms. The van der Waals surface area contributed by atoms with Crippen molar-refractivity contribution in [1.82, 2.24) is 19.3 Å². The summed E-state index contributed by atoms with van der Waals surface area (Å²) in [6.07, 6.45) is 6.21. The Morgan fingerprint density at radius 1 is 1.25 bits per heavy atom. The Kier molecular flexibility index (Phi) is 4.09.